The number of nitrogens with one attached hydrogen (secondary N) is 2. The Labute approximate surface area is 156 Å². The summed E-state index contributed by atoms with van der Waals surface area (Å²) in [5.74, 6) is 0.921. The van der Waals surface area contributed by atoms with Crippen LogP contribution in [0.2, 0.25) is 0 Å². The molecule has 0 bridgehead atoms. The van der Waals surface area contributed by atoms with Crippen molar-refractivity contribution < 1.29 is 9.21 Å². The van der Waals surface area contributed by atoms with E-state index in [1.54, 1.807) is 17.3 Å². The summed E-state index contributed by atoms with van der Waals surface area (Å²) in [4.78, 5) is 22.9. The molecule has 0 unspecified atom stereocenters. The number of nitrogens with zero attached hydrogens (tertiary/aromatic N) is 5. The highest BCUT2D eigenvalue weighted by atomic mass is 16.4. The minimum Gasteiger partial charge on any atom is -0.402 e. The normalized spacial score (nSPS) is 15.0. The average molecular weight is 367 g/mol. The Hall–Kier alpha value is -3.07. The summed E-state index contributed by atoms with van der Waals surface area (Å²) >= 11 is 0. The van der Waals surface area contributed by atoms with Crippen molar-refractivity contribution in [2.75, 3.05) is 37.4 Å². The first-order valence-electron chi connectivity index (χ1n) is 8.89. The van der Waals surface area contributed by atoms with Crippen LogP contribution in [0.15, 0.2) is 28.9 Å². The van der Waals surface area contributed by atoms with Crippen molar-refractivity contribution in [3.8, 4) is 11.6 Å². The largest absolute Gasteiger partial charge is 0.402 e. The molecule has 0 radical (unpaired) electrons. The van der Waals surface area contributed by atoms with Gasteiger partial charge >= 0.3 is 6.01 Å². The fraction of sp³-hybridized carbons (Fsp3) is 0.389. The maximum atomic E-state index is 12.4. The molecular weight excluding hydrogens is 346 g/mol. The molecule has 0 spiro atoms. The third-order valence-electron chi connectivity index (χ3n) is 4.58. The topological polar surface area (TPSA) is 109 Å². The van der Waals surface area contributed by atoms with E-state index in [0.717, 1.165) is 36.7 Å². The molecule has 1 aliphatic heterocycles. The summed E-state index contributed by atoms with van der Waals surface area (Å²) < 4.78 is 5.60. The molecule has 2 N–H and O–H groups in total. The van der Waals surface area contributed by atoms with Crippen LogP contribution in [0, 0.1) is 5.92 Å². The second-order valence-electron chi connectivity index (χ2n) is 6.78. The third kappa shape index (κ3) is 3.72. The van der Waals surface area contributed by atoms with Gasteiger partial charge in [-0.05, 0) is 43.5 Å². The highest BCUT2D eigenvalue weighted by molar-refractivity contribution is 5.94. The molecule has 1 aliphatic rings. The summed E-state index contributed by atoms with van der Waals surface area (Å²) in [7, 11) is 3.65. The van der Waals surface area contributed by atoms with Gasteiger partial charge in [-0.2, -0.15) is 0 Å². The van der Waals surface area contributed by atoms with E-state index in [9.17, 15) is 4.79 Å². The molecule has 140 valence electrons. The van der Waals surface area contributed by atoms with Crippen molar-refractivity contribution in [1.82, 2.24) is 25.5 Å². The Morgan fingerprint density at radius 3 is 2.67 bits per heavy atom. The molecular formula is C18H21N7O2. The number of hydrogen-bond donors (Lipinski definition) is 2. The molecule has 0 aliphatic carbocycles. The minimum absolute atomic E-state index is 0.0187. The Balaban J connectivity index is 1.57. The van der Waals surface area contributed by atoms with E-state index in [4.69, 9.17) is 4.42 Å². The van der Waals surface area contributed by atoms with E-state index in [2.05, 4.69) is 30.8 Å². The van der Waals surface area contributed by atoms with Crippen LogP contribution in [0.3, 0.4) is 0 Å². The molecule has 3 aromatic heterocycles. The number of fused-ring (bicyclic) bond motifs is 1. The molecule has 1 fully saturated rings. The number of anilines is 2. The second kappa shape index (κ2) is 7.28. The van der Waals surface area contributed by atoms with Crippen LogP contribution in [-0.2, 0) is 4.79 Å². The summed E-state index contributed by atoms with van der Waals surface area (Å²) in [6.45, 7) is 1.74. The van der Waals surface area contributed by atoms with Gasteiger partial charge in [-0.3, -0.25) is 9.78 Å². The first-order chi connectivity index (χ1) is 13.1. The third-order valence-corrected chi connectivity index (χ3v) is 4.58. The first-order valence-corrected chi connectivity index (χ1v) is 8.89. The highest BCUT2D eigenvalue weighted by Crippen LogP contribution is 2.24. The van der Waals surface area contributed by atoms with Gasteiger partial charge in [0.15, 0.2) is 0 Å². The summed E-state index contributed by atoms with van der Waals surface area (Å²) in [6.07, 6.45) is 5.09. The van der Waals surface area contributed by atoms with Crippen molar-refractivity contribution in [2.24, 2.45) is 5.92 Å². The lowest BCUT2D eigenvalue weighted by Gasteiger charge is -2.21. The fourth-order valence-corrected chi connectivity index (χ4v) is 3.04. The van der Waals surface area contributed by atoms with Gasteiger partial charge in [0.2, 0.25) is 5.91 Å². The van der Waals surface area contributed by atoms with Crippen molar-refractivity contribution in [3.05, 3.63) is 24.5 Å². The van der Waals surface area contributed by atoms with E-state index in [1.165, 1.54) is 0 Å². The van der Waals surface area contributed by atoms with Gasteiger partial charge in [-0.25, -0.2) is 4.98 Å². The van der Waals surface area contributed by atoms with Crippen LogP contribution < -0.4 is 15.5 Å². The summed E-state index contributed by atoms with van der Waals surface area (Å²) in [5, 5.41) is 16.0. The van der Waals surface area contributed by atoms with Crippen LogP contribution in [0.4, 0.5) is 11.8 Å². The molecule has 0 aromatic carbocycles. The van der Waals surface area contributed by atoms with Gasteiger partial charge in [0.05, 0.1) is 0 Å². The highest BCUT2D eigenvalue weighted by Gasteiger charge is 2.21. The summed E-state index contributed by atoms with van der Waals surface area (Å²) in [6, 6.07) is 4.10. The first kappa shape index (κ1) is 17.3. The number of carbonyl (C=O) groups is 1. The molecule has 4 heterocycles. The zero-order chi connectivity index (χ0) is 18.8. The Kier molecular flexibility index (Phi) is 4.68. The SMILES string of the molecule is CN(C)c1nnc(-c2cc3cc(NC(=O)C4CCNCC4)ncc3cn2)o1. The van der Waals surface area contributed by atoms with Gasteiger partial charge in [-0.1, -0.05) is 5.10 Å². The number of hydrogen-bond acceptors (Lipinski definition) is 8. The Morgan fingerprint density at radius 1 is 1.15 bits per heavy atom. The quantitative estimate of drug-likeness (QED) is 0.717. The zero-order valence-electron chi connectivity index (χ0n) is 15.3. The van der Waals surface area contributed by atoms with E-state index in [0.29, 0.717) is 23.4 Å². The lowest BCUT2D eigenvalue weighted by Crippen LogP contribution is -2.34. The number of aromatic nitrogens is 4. The lowest BCUT2D eigenvalue weighted by molar-refractivity contribution is -0.120. The minimum atomic E-state index is 0.0187. The standard InChI is InChI=1S/C18H21N7O2/c1-25(2)18-24-23-17(27-18)14-7-12-8-15(21-10-13(12)9-20-14)22-16(26)11-3-5-19-6-4-11/h7-11,19H,3-6H2,1-2H3,(H,21,22,26). The lowest BCUT2D eigenvalue weighted by atomic mass is 9.97. The number of carbonyl (C=O) groups excluding carboxylic acids is 1. The van der Waals surface area contributed by atoms with Gasteiger partial charge in [0.25, 0.3) is 5.89 Å². The zero-order valence-corrected chi connectivity index (χ0v) is 15.3. The predicted octanol–water partition coefficient (Wildman–Crippen LogP) is 1.68. The van der Waals surface area contributed by atoms with E-state index in [-0.39, 0.29) is 11.8 Å². The maximum absolute atomic E-state index is 12.4. The monoisotopic (exact) mass is 367 g/mol. The van der Waals surface area contributed by atoms with Crippen LogP contribution in [-0.4, -0.2) is 53.3 Å². The van der Waals surface area contributed by atoms with Crippen LogP contribution in [0.25, 0.3) is 22.4 Å². The second-order valence-corrected chi connectivity index (χ2v) is 6.78. The van der Waals surface area contributed by atoms with E-state index in [1.807, 2.05) is 26.2 Å². The number of rotatable bonds is 4. The summed E-state index contributed by atoms with van der Waals surface area (Å²) in [5.41, 5.74) is 0.574. The van der Waals surface area contributed by atoms with Gasteiger partial charge < -0.3 is 20.0 Å². The number of amides is 1. The van der Waals surface area contributed by atoms with E-state index < -0.39 is 0 Å². The van der Waals surface area contributed by atoms with Crippen molar-refractivity contribution >= 4 is 28.5 Å². The molecule has 1 amide bonds. The molecule has 4 rings (SSSR count). The molecule has 0 saturated carbocycles. The predicted molar refractivity (Wildman–Crippen MR) is 101 cm³/mol. The van der Waals surface area contributed by atoms with Crippen LogP contribution >= 0.6 is 0 Å². The molecule has 0 atom stereocenters. The average Bonchev–Trinajstić information content (AvgIpc) is 3.19. The van der Waals surface area contributed by atoms with Crippen LogP contribution in [0.5, 0.6) is 0 Å². The van der Waals surface area contributed by atoms with Gasteiger partial charge in [0, 0.05) is 37.8 Å². The number of piperidine rings is 1. The number of pyridine rings is 2. The molecule has 3 aromatic rings. The van der Waals surface area contributed by atoms with Crippen molar-refractivity contribution in [3.63, 3.8) is 0 Å². The Morgan fingerprint density at radius 2 is 1.93 bits per heavy atom. The fourth-order valence-electron chi connectivity index (χ4n) is 3.04. The van der Waals surface area contributed by atoms with Crippen molar-refractivity contribution in [1.29, 1.82) is 0 Å². The van der Waals surface area contributed by atoms with Gasteiger partial charge in [0.1, 0.15) is 11.5 Å². The Bertz CT molecular complexity index is 963. The van der Waals surface area contributed by atoms with Gasteiger partial charge in [-0.15, -0.1) is 5.10 Å². The maximum Gasteiger partial charge on any atom is 0.317 e. The molecule has 27 heavy (non-hydrogen) atoms. The van der Waals surface area contributed by atoms with E-state index >= 15 is 0 Å². The molecule has 1 saturated heterocycles. The molecule has 9 heteroatoms. The smallest absolute Gasteiger partial charge is 0.317 e. The van der Waals surface area contributed by atoms with Crippen molar-refractivity contribution in [2.45, 2.75) is 12.8 Å². The van der Waals surface area contributed by atoms with Crippen LogP contribution in [0.1, 0.15) is 12.8 Å². The molecule has 9 nitrogen and oxygen atoms in total.